The number of halogens is 3. The van der Waals surface area contributed by atoms with Crippen LogP contribution in [0, 0.1) is 0 Å². The van der Waals surface area contributed by atoms with Crippen molar-refractivity contribution in [3.05, 3.63) is 0 Å². The maximum atomic E-state index is 8.53. The molecular formula is C76H199Cl3N8O17P2. The number of rotatable bonds is 47. The van der Waals surface area contributed by atoms with E-state index in [0.29, 0.717) is 54.8 Å². The molecule has 106 heavy (non-hydrogen) atoms. The van der Waals surface area contributed by atoms with Crippen LogP contribution in [-0.4, -0.2) is 446 Å². The number of aliphatic hydroxyl groups excluding tert-OH is 7. The van der Waals surface area contributed by atoms with Crippen LogP contribution in [0.2, 0.25) is 0 Å². The molecule has 0 spiro atoms. The first-order valence-corrected chi connectivity index (χ1v) is 46.7. The lowest BCUT2D eigenvalue weighted by molar-refractivity contribution is -0.929. The van der Waals surface area contributed by atoms with Crippen molar-refractivity contribution < 1.29 is 127 Å². The summed E-state index contributed by atoms with van der Waals surface area (Å²) in [7, 11) is 22.6. The van der Waals surface area contributed by atoms with Gasteiger partial charge < -0.3 is 127 Å². The molecule has 0 aliphatic carbocycles. The van der Waals surface area contributed by atoms with Crippen molar-refractivity contribution in [2.75, 3.05) is 324 Å². The van der Waals surface area contributed by atoms with Gasteiger partial charge in [0.05, 0.1) is 227 Å². The monoisotopic (exact) mass is 1660 g/mol. The number of unbranched alkanes of at least 4 members (excludes halogenated alkanes) is 4. The van der Waals surface area contributed by atoms with Crippen LogP contribution in [0.25, 0.3) is 0 Å². The number of likely N-dealkylation sites (N-methyl/N-ethyl adjacent to an activating group) is 2. The van der Waals surface area contributed by atoms with Crippen molar-refractivity contribution in [2.45, 2.75) is 180 Å². The molecule has 0 saturated carbocycles. The molecule has 30 heteroatoms. The highest BCUT2D eigenvalue weighted by molar-refractivity contribution is 7.75. The minimum Gasteiger partial charge on any atom is -0.870 e. The molecule has 0 unspecified atom stereocenters. The molecule has 0 amide bonds. The molecule has 0 fully saturated rings. The van der Waals surface area contributed by atoms with Gasteiger partial charge >= 0.3 is 0 Å². The number of hydrogen-bond acceptors (Lipinski definition) is 17. The van der Waals surface area contributed by atoms with Gasteiger partial charge in [-0.1, -0.05) is 74.1 Å². The Morgan fingerprint density at radius 3 is 0.566 bits per heavy atom. The van der Waals surface area contributed by atoms with E-state index in [9.17, 15) is 0 Å². The molecule has 0 bridgehead atoms. The van der Waals surface area contributed by atoms with Crippen LogP contribution in [0.15, 0.2) is 0 Å². The van der Waals surface area contributed by atoms with Gasteiger partial charge in [0.2, 0.25) is 0 Å². The Kier molecular flexibility index (Phi) is 158. The second-order valence-corrected chi connectivity index (χ2v) is 43.3. The van der Waals surface area contributed by atoms with Crippen molar-refractivity contribution in [1.29, 1.82) is 0 Å². The van der Waals surface area contributed by atoms with Crippen LogP contribution in [-0.2, 0) is 0 Å². The lowest BCUT2D eigenvalue weighted by atomic mass is 10.1. The van der Waals surface area contributed by atoms with Gasteiger partial charge in [-0.15, -0.1) is 34.8 Å². The minimum absolute atomic E-state index is 0. The van der Waals surface area contributed by atoms with Crippen LogP contribution in [0.4, 0.5) is 0 Å². The van der Waals surface area contributed by atoms with Crippen LogP contribution >= 0.6 is 49.3 Å². The van der Waals surface area contributed by atoms with Gasteiger partial charge in [0, 0.05) is 84.8 Å². The highest BCUT2D eigenvalue weighted by Gasteiger charge is 2.26. The maximum Gasteiger partial charge on any atom is 0.102 e. The molecule has 18 N–H and O–H groups in total. The van der Waals surface area contributed by atoms with Crippen molar-refractivity contribution in [2.24, 2.45) is 0 Å². The number of nitrogens with one attached hydrogen (secondary N) is 1. The molecule has 0 heterocycles. The molecule has 25 nitrogen and oxygen atoms in total. The van der Waals surface area contributed by atoms with Crippen molar-refractivity contribution in [3.8, 4) is 0 Å². The lowest BCUT2D eigenvalue weighted by Gasteiger charge is -2.39. The third-order valence-electron chi connectivity index (χ3n) is 17.5. The van der Waals surface area contributed by atoms with Crippen LogP contribution in [0.1, 0.15) is 180 Å². The van der Waals surface area contributed by atoms with Crippen molar-refractivity contribution in [1.82, 2.24) is 0 Å². The van der Waals surface area contributed by atoms with E-state index in [1.807, 2.05) is 28.2 Å². The minimum atomic E-state index is -0.412. The van der Waals surface area contributed by atoms with Crippen molar-refractivity contribution in [3.63, 3.8) is 0 Å². The van der Waals surface area contributed by atoms with Crippen LogP contribution in [0.5, 0.6) is 0 Å². The van der Waals surface area contributed by atoms with E-state index in [-0.39, 0.29) is 108 Å². The lowest BCUT2D eigenvalue weighted by Crippen LogP contribution is -3.13. The molecule has 0 aromatic rings. The quantitative estimate of drug-likeness (QED) is 0.0159. The Bertz CT molecular complexity index is 1300. The average molecular weight is 1670 g/mol. The van der Waals surface area contributed by atoms with E-state index >= 15 is 0 Å². The molecule has 676 valence electrons. The fraction of sp³-hybridized carbons (Fsp3) is 1.00. The van der Waals surface area contributed by atoms with E-state index in [1.165, 1.54) is 168 Å². The number of quaternary nitrogens is 8. The van der Waals surface area contributed by atoms with Gasteiger partial charge in [0.1, 0.15) is 45.8 Å². The van der Waals surface area contributed by atoms with E-state index < -0.39 is 7.26 Å². The fourth-order valence-corrected chi connectivity index (χ4v) is 11.5. The Morgan fingerprint density at radius 2 is 0.453 bits per heavy atom. The first kappa shape index (κ1) is 159. The first-order chi connectivity index (χ1) is 44.6. The zero-order valence-corrected chi connectivity index (χ0v) is 79.6. The molecule has 0 atom stereocenters. The summed E-state index contributed by atoms with van der Waals surface area (Å²) in [5.41, 5.74) is 0. The average Bonchev–Trinajstić information content (AvgIpc) is 0.882. The molecule has 0 aromatic heterocycles. The molecule has 0 aliphatic rings. The number of nitrogens with zero attached hydrogens (tertiary/aromatic N) is 7. The molecule has 0 radical (unpaired) electrons. The fourth-order valence-electron chi connectivity index (χ4n) is 9.76. The predicted molar refractivity (Wildman–Crippen MR) is 463 cm³/mol. The molecule has 0 rings (SSSR count). The van der Waals surface area contributed by atoms with Gasteiger partial charge in [-0.05, 0) is 86.5 Å². The van der Waals surface area contributed by atoms with E-state index in [2.05, 4.69) is 173 Å². The van der Waals surface area contributed by atoms with Crippen LogP contribution < -0.4 is 4.90 Å². The number of alkyl halides is 3. The Balaban J connectivity index is -0.0000000433. The second kappa shape index (κ2) is 106. The smallest absolute Gasteiger partial charge is 0.102 e. The largest absolute Gasteiger partial charge is 0.870 e. The molecular weight excluding hydrogens is 1470 g/mol. The number of aliphatic hydroxyl groups is 7. The molecule has 0 saturated heterocycles. The summed E-state index contributed by atoms with van der Waals surface area (Å²) >= 11 is 17.1. The summed E-state index contributed by atoms with van der Waals surface area (Å²) in [6.07, 6.45) is 22.5. The summed E-state index contributed by atoms with van der Waals surface area (Å²) in [5.74, 6) is 2.24. The Labute approximate surface area is 676 Å². The van der Waals surface area contributed by atoms with E-state index in [4.69, 9.17) is 70.5 Å². The summed E-state index contributed by atoms with van der Waals surface area (Å²) in [5, 5.41) is 59.6. The second-order valence-electron chi connectivity index (χ2n) is 31.7. The van der Waals surface area contributed by atoms with Gasteiger partial charge in [0.15, 0.2) is 0 Å². The van der Waals surface area contributed by atoms with Gasteiger partial charge in [-0.2, -0.15) is 0 Å². The van der Waals surface area contributed by atoms with Gasteiger partial charge in [0.25, 0.3) is 0 Å². The van der Waals surface area contributed by atoms with Crippen LogP contribution in [0.3, 0.4) is 0 Å². The normalized spacial score (nSPS) is 10.8. The summed E-state index contributed by atoms with van der Waals surface area (Å²) in [6.45, 7) is 64.1. The topological polar surface area (TPSA) is 446 Å². The highest BCUT2D eigenvalue weighted by atomic mass is 35.5. The summed E-state index contributed by atoms with van der Waals surface area (Å²) < 4.78 is 7.35. The molecule has 0 aliphatic heterocycles. The first-order valence-electron chi connectivity index (χ1n) is 38.7. The zero-order chi connectivity index (χ0) is 77.3. The summed E-state index contributed by atoms with van der Waals surface area (Å²) in [6, 6.07) is 0. The standard InChI is InChI=1S/C16H36N.C10H21Cl3N.C10H24N.C7H18N.C7H18P.C6H15NO3.2C6H16NO2.C4H12N.C4H12P.10H2O/c1-5-9-13-17(14-10-6-2,15-11-7-3)16-12-8-4;1-14(8-2-5-11,9-3-6-12)10-4-7-13;1-5-8-11(4,9-6-2)10-7-3;2*1-5-8(4,6-2)7-3;8-4-1-7(2-5-9)3-6-10;2*1-7(2,3-5-8)4-6-9;2*1-5(2,3)4;;;;;;;;;;/h5-16H2,1-4H3;2-10H2,1H3;5-10H2,1-4H3;2*5-7H2,1-4H3;8-10H,1-6H2;2*8-9H,3-6H2,1-2H3;2*1-4H3;10*1H2/q5*+1;;4*+1;;;;;;;;;;/p-9. The van der Waals surface area contributed by atoms with E-state index in [1.54, 1.807) is 0 Å². The zero-order valence-electron chi connectivity index (χ0n) is 75.5. The third kappa shape index (κ3) is 137. The maximum absolute atomic E-state index is 8.53. The Hall–Kier alpha value is 0.730. The Morgan fingerprint density at radius 1 is 0.264 bits per heavy atom. The predicted octanol–water partition coefficient (Wildman–Crippen LogP) is 10.2. The number of hydrogen-bond donors (Lipinski definition) is 8. The molecule has 0 aromatic carbocycles. The van der Waals surface area contributed by atoms with Crippen molar-refractivity contribution >= 4 is 49.3 Å². The van der Waals surface area contributed by atoms with E-state index in [0.717, 1.165) is 70.4 Å². The highest BCUT2D eigenvalue weighted by Crippen LogP contribution is 2.53. The summed E-state index contributed by atoms with van der Waals surface area (Å²) in [4.78, 5) is 1.03. The SMILES string of the molecule is CCCC[N+](CCCC)(CCCC)CCCC.CCC[N+](C)(CCC)CCC.CC[N+](C)(CC)CC.CC[P+](C)(CC)CC.C[N+](C)(C)C.C[N+](C)(CCO)CCO.C[N+](C)(CCO)CCO.C[N+](CCCCl)(CCCCl)CCCCl.C[P+](C)(C)C.OCC[NH+](CCO)CCO.[OH-].[OH-].[OH-].[OH-].[OH-].[OH-].[OH-].[OH-].[OH-].[OH-]. The van der Waals surface area contributed by atoms with Gasteiger partial charge in [-0.25, -0.2) is 0 Å². The van der Waals surface area contributed by atoms with Gasteiger partial charge in [-0.3, -0.25) is 0 Å². The third-order valence-corrected chi connectivity index (χ3v) is 22.9.